The van der Waals surface area contributed by atoms with E-state index >= 15 is 0 Å². The van der Waals surface area contributed by atoms with Gasteiger partial charge in [-0.2, -0.15) is 0 Å². The highest BCUT2D eigenvalue weighted by atomic mass is 16.5. The fraction of sp³-hybridized carbons (Fsp3) is 0.633. The highest BCUT2D eigenvalue weighted by Crippen LogP contribution is 2.22. The van der Waals surface area contributed by atoms with Gasteiger partial charge in [0.25, 0.3) is 0 Å². The summed E-state index contributed by atoms with van der Waals surface area (Å²) in [6.45, 7) is 6.41. The Morgan fingerprint density at radius 2 is 1.66 bits per heavy atom. The number of benzene rings is 1. The maximum Gasteiger partial charge on any atom is 0.246 e. The zero-order chi connectivity index (χ0) is 29.9. The fourth-order valence-electron chi connectivity index (χ4n) is 5.41. The Labute approximate surface area is 242 Å². The maximum absolute atomic E-state index is 13.9. The third kappa shape index (κ3) is 9.01. The molecule has 11 heteroatoms. The maximum atomic E-state index is 13.9. The SMILES string of the molecule is CCC(C)C1NC(=O)C(Cc2ccc(C)cc2)NC(=O)C(CCCCCN(O)C=O)NC(=O)C2CCCCN2C1=O. The normalized spacial score (nSPS) is 24.6. The predicted octanol–water partition coefficient (Wildman–Crippen LogP) is 1.84. The highest BCUT2D eigenvalue weighted by molar-refractivity contribution is 5.97. The van der Waals surface area contributed by atoms with E-state index in [9.17, 15) is 29.2 Å². The lowest BCUT2D eigenvalue weighted by Gasteiger charge is -2.39. The van der Waals surface area contributed by atoms with Crippen molar-refractivity contribution in [2.24, 2.45) is 5.92 Å². The minimum absolute atomic E-state index is 0.169. The molecule has 5 atom stereocenters. The summed E-state index contributed by atoms with van der Waals surface area (Å²) in [7, 11) is 0. The van der Waals surface area contributed by atoms with E-state index < -0.39 is 36.0 Å². The summed E-state index contributed by atoms with van der Waals surface area (Å²) in [6.07, 6.45) is 5.24. The first-order valence-electron chi connectivity index (χ1n) is 14.8. The van der Waals surface area contributed by atoms with Crippen molar-refractivity contribution in [2.75, 3.05) is 13.1 Å². The van der Waals surface area contributed by atoms with Gasteiger partial charge in [-0.3, -0.25) is 29.2 Å². The van der Waals surface area contributed by atoms with Gasteiger partial charge in [0.1, 0.15) is 24.2 Å². The summed E-state index contributed by atoms with van der Waals surface area (Å²) in [4.78, 5) is 66.9. The van der Waals surface area contributed by atoms with Crippen LogP contribution in [0.5, 0.6) is 0 Å². The molecule has 0 aliphatic carbocycles. The van der Waals surface area contributed by atoms with Crippen LogP contribution in [0.15, 0.2) is 24.3 Å². The van der Waals surface area contributed by atoms with E-state index in [0.717, 1.165) is 24.0 Å². The van der Waals surface area contributed by atoms with Crippen LogP contribution in [0.25, 0.3) is 0 Å². The van der Waals surface area contributed by atoms with Gasteiger partial charge in [-0.05, 0) is 50.5 Å². The standard InChI is InChI=1S/C30H45N5O6/c1-4-21(3)26-30(40)35-17-9-7-11-25(35)29(39)31-23(10-6-5-8-16-34(41)19-36)27(37)32-24(28(38)33-26)18-22-14-12-20(2)13-15-22/h12-15,19,21,23-26,41H,4-11,16-18H2,1-3H3,(H,31,39)(H,32,37)(H,33,38). The van der Waals surface area contributed by atoms with Crippen LogP contribution in [0.2, 0.25) is 0 Å². The number of amides is 5. The van der Waals surface area contributed by atoms with Crippen LogP contribution in [0, 0.1) is 12.8 Å². The molecular formula is C30H45N5O6. The molecule has 4 N–H and O–H groups in total. The molecule has 0 bridgehead atoms. The monoisotopic (exact) mass is 571 g/mol. The molecule has 2 heterocycles. The number of rotatable bonds is 11. The summed E-state index contributed by atoms with van der Waals surface area (Å²) in [5.41, 5.74) is 1.93. The molecule has 5 amide bonds. The second kappa shape index (κ2) is 15.5. The molecule has 0 spiro atoms. The number of nitrogens with one attached hydrogen (secondary N) is 3. The van der Waals surface area contributed by atoms with Crippen LogP contribution in [0.4, 0.5) is 0 Å². The second-order valence-electron chi connectivity index (χ2n) is 11.3. The first kappa shape index (κ1) is 32.0. The van der Waals surface area contributed by atoms with Crippen molar-refractivity contribution >= 4 is 30.0 Å². The minimum atomic E-state index is -0.948. The van der Waals surface area contributed by atoms with Gasteiger partial charge in [0.05, 0.1) is 0 Å². The predicted molar refractivity (Wildman–Crippen MR) is 153 cm³/mol. The molecule has 1 aromatic carbocycles. The number of carbonyl (C=O) groups excluding carboxylic acids is 5. The second-order valence-corrected chi connectivity index (χ2v) is 11.3. The smallest absolute Gasteiger partial charge is 0.246 e. The van der Waals surface area contributed by atoms with Gasteiger partial charge in [-0.1, -0.05) is 62.9 Å². The van der Waals surface area contributed by atoms with E-state index in [2.05, 4.69) is 16.0 Å². The lowest BCUT2D eigenvalue weighted by atomic mass is 9.93. The van der Waals surface area contributed by atoms with Gasteiger partial charge >= 0.3 is 0 Å². The van der Waals surface area contributed by atoms with Gasteiger partial charge in [0.15, 0.2) is 0 Å². The Balaban J connectivity index is 1.89. The summed E-state index contributed by atoms with van der Waals surface area (Å²) >= 11 is 0. The van der Waals surface area contributed by atoms with Gasteiger partial charge in [0, 0.05) is 19.5 Å². The number of nitrogens with zero attached hydrogens (tertiary/aromatic N) is 2. The summed E-state index contributed by atoms with van der Waals surface area (Å²) in [5.74, 6) is -1.71. The molecule has 0 radical (unpaired) electrons. The average molecular weight is 572 g/mol. The molecule has 226 valence electrons. The van der Waals surface area contributed by atoms with Crippen molar-refractivity contribution in [2.45, 2.75) is 103 Å². The molecule has 2 aliphatic rings. The summed E-state index contributed by atoms with van der Waals surface area (Å²) < 4.78 is 0. The number of hydrogen-bond acceptors (Lipinski definition) is 6. The van der Waals surface area contributed by atoms with E-state index in [1.54, 1.807) is 4.90 Å². The Hall–Kier alpha value is -3.47. The molecule has 41 heavy (non-hydrogen) atoms. The van der Waals surface area contributed by atoms with Gasteiger partial charge in [0.2, 0.25) is 30.0 Å². The van der Waals surface area contributed by atoms with Crippen LogP contribution in [-0.2, 0) is 30.4 Å². The lowest BCUT2D eigenvalue weighted by molar-refractivity contribution is -0.149. The fourth-order valence-corrected chi connectivity index (χ4v) is 5.41. The number of fused-ring (bicyclic) bond motifs is 1. The van der Waals surface area contributed by atoms with Gasteiger partial charge < -0.3 is 20.9 Å². The number of aryl methyl sites for hydroxylation is 1. The Morgan fingerprint density at radius 3 is 2.34 bits per heavy atom. The van der Waals surface area contributed by atoms with Crippen LogP contribution in [0.3, 0.4) is 0 Å². The largest absolute Gasteiger partial charge is 0.343 e. The van der Waals surface area contributed by atoms with Crippen LogP contribution < -0.4 is 16.0 Å². The van der Waals surface area contributed by atoms with Crippen molar-refractivity contribution in [1.29, 1.82) is 0 Å². The zero-order valence-corrected chi connectivity index (χ0v) is 24.4. The number of hydroxylamine groups is 2. The zero-order valence-electron chi connectivity index (χ0n) is 24.4. The van der Waals surface area contributed by atoms with Crippen LogP contribution >= 0.6 is 0 Å². The third-order valence-corrected chi connectivity index (χ3v) is 8.19. The summed E-state index contributed by atoms with van der Waals surface area (Å²) in [6, 6.07) is 4.31. The Morgan fingerprint density at radius 1 is 0.976 bits per heavy atom. The first-order valence-corrected chi connectivity index (χ1v) is 14.8. The first-order chi connectivity index (χ1) is 19.6. The summed E-state index contributed by atoms with van der Waals surface area (Å²) in [5, 5.41) is 18.6. The quantitative estimate of drug-likeness (QED) is 0.138. The molecule has 1 aromatic rings. The minimum Gasteiger partial charge on any atom is -0.343 e. The average Bonchev–Trinajstić information content (AvgIpc) is 2.98. The van der Waals surface area contributed by atoms with Crippen molar-refractivity contribution in [3.63, 3.8) is 0 Å². The van der Waals surface area contributed by atoms with Crippen molar-refractivity contribution in [3.05, 3.63) is 35.4 Å². The molecule has 3 rings (SSSR count). The molecule has 2 saturated heterocycles. The van der Waals surface area contributed by atoms with Crippen LogP contribution in [-0.4, -0.2) is 82.5 Å². The van der Waals surface area contributed by atoms with E-state index in [1.807, 2.05) is 45.0 Å². The molecule has 2 fully saturated rings. The third-order valence-electron chi connectivity index (χ3n) is 8.19. The number of unbranched alkanes of at least 4 members (excludes halogenated alkanes) is 2. The highest BCUT2D eigenvalue weighted by Gasteiger charge is 2.40. The Kier molecular flexibility index (Phi) is 12.1. The Bertz CT molecular complexity index is 1060. The van der Waals surface area contributed by atoms with E-state index in [1.165, 1.54) is 0 Å². The van der Waals surface area contributed by atoms with Crippen molar-refractivity contribution < 1.29 is 29.2 Å². The van der Waals surface area contributed by atoms with Crippen LogP contribution in [0.1, 0.15) is 76.3 Å². The number of carbonyl (C=O) groups is 5. The van der Waals surface area contributed by atoms with E-state index in [0.29, 0.717) is 56.5 Å². The number of piperidine rings is 1. The molecule has 0 saturated carbocycles. The molecule has 0 aromatic heterocycles. The van der Waals surface area contributed by atoms with Gasteiger partial charge in [-0.25, -0.2) is 5.06 Å². The molecule has 5 unspecified atom stereocenters. The number of hydrogen-bond donors (Lipinski definition) is 4. The molecular weight excluding hydrogens is 526 g/mol. The van der Waals surface area contributed by atoms with E-state index in [-0.39, 0.29) is 30.7 Å². The molecule has 11 nitrogen and oxygen atoms in total. The molecule has 2 aliphatic heterocycles. The van der Waals surface area contributed by atoms with Crippen molar-refractivity contribution in [3.8, 4) is 0 Å². The van der Waals surface area contributed by atoms with E-state index in [4.69, 9.17) is 0 Å². The van der Waals surface area contributed by atoms with Crippen molar-refractivity contribution in [1.82, 2.24) is 25.9 Å². The van der Waals surface area contributed by atoms with Gasteiger partial charge in [-0.15, -0.1) is 0 Å². The topological polar surface area (TPSA) is 148 Å². The lowest BCUT2D eigenvalue weighted by Crippen LogP contribution is -2.64.